The van der Waals surface area contributed by atoms with Gasteiger partial charge in [-0.25, -0.2) is 0 Å². The minimum absolute atomic E-state index is 0. The maximum atomic E-state index is 5.45. The summed E-state index contributed by atoms with van der Waals surface area (Å²) >= 11 is 0. The fourth-order valence-corrected chi connectivity index (χ4v) is 2.27. The van der Waals surface area contributed by atoms with E-state index in [0.29, 0.717) is 0 Å². The van der Waals surface area contributed by atoms with Gasteiger partial charge in [0.15, 0.2) is 0 Å². The van der Waals surface area contributed by atoms with Crippen LogP contribution in [0.25, 0.3) is 0 Å². The van der Waals surface area contributed by atoms with E-state index in [4.69, 9.17) is 5.73 Å². The summed E-state index contributed by atoms with van der Waals surface area (Å²) in [5.41, 5.74) is 6.24. The normalized spacial score (nSPS) is 44.3. The molecule has 2 bridgehead atoms. The minimum atomic E-state index is 0. The molecular formula is C7H14ClN. The SMILES string of the molecule is Cl.NCCC12CC(C1)C2. The zero-order chi connectivity index (χ0) is 5.61. The molecule has 3 aliphatic rings. The molecule has 3 rings (SSSR count). The standard InChI is InChI=1S/C7H13N.ClH/c8-2-1-7-3-6(4-7)5-7;/h6H,1-5,8H2;1H. The van der Waals surface area contributed by atoms with Crippen molar-refractivity contribution in [3.63, 3.8) is 0 Å². The molecule has 0 saturated heterocycles. The van der Waals surface area contributed by atoms with Crippen molar-refractivity contribution in [1.82, 2.24) is 0 Å². The van der Waals surface area contributed by atoms with E-state index in [0.717, 1.165) is 17.9 Å². The van der Waals surface area contributed by atoms with E-state index < -0.39 is 0 Å². The van der Waals surface area contributed by atoms with Gasteiger partial charge >= 0.3 is 0 Å². The number of hydrogen-bond acceptors (Lipinski definition) is 1. The van der Waals surface area contributed by atoms with Crippen LogP contribution in [-0.4, -0.2) is 6.54 Å². The molecular weight excluding hydrogens is 134 g/mol. The quantitative estimate of drug-likeness (QED) is 0.631. The van der Waals surface area contributed by atoms with E-state index in [1.165, 1.54) is 25.7 Å². The largest absolute Gasteiger partial charge is 0.330 e. The Kier molecular flexibility index (Phi) is 1.75. The second-order valence-electron chi connectivity index (χ2n) is 3.52. The average molecular weight is 148 g/mol. The number of hydrogen-bond donors (Lipinski definition) is 1. The van der Waals surface area contributed by atoms with Gasteiger partial charge in [0.25, 0.3) is 0 Å². The van der Waals surface area contributed by atoms with Crippen LogP contribution in [0.5, 0.6) is 0 Å². The molecule has 3 aliphatic carbocycles. The molecule has 9 heavy (non-hydrogen) atoms. The zero-order valence-electron chi connectivity index (χ0n) is 5.60. The third-order valence-electron chi connectivity index (χ3n) is 2.84. The molecule has 0 spiro atoms. The van der Waals surface area contributed by atoms with Crippen LogP contribution in [0.15, 0.2) is 0 Å². The van der Waals surface area contributed by atoms with E-state index in [9.17, 15) is 0 Å². The molecule has 0 aromatic carbocycles. The Morgan fingerprint density at radius 2 is 1.89 bits per heavy atom. The van der Waals surface area contributed by atoms with Gasteiger partial charge in [0.1, 0.15) is 0 Å². The molecule has 2 heteroatoms. The summed E-state index contributed by atoms with van der Waals surface area (Å²) in [5, 5.41) is 0. The van der Waals surface area contributed by atoms with Gasteiger partial charge in [-0.05, 0) is 43.6 Å². The zero-order valence-corrected chi connectivity index (χ0v) is 6.41. The van der Waals surface area contributed by atoms with Gasteiger partial charge < -0.3 is 5.73 Å². The maximum absolute atomic E-state index is 5.45. The van der Waals surface area contributed by atoms with Gasteiger partial charge in [0, 0.05) is 0 Å². The maximum Gasteiger partial charge on any atom is -0.00720 e. The molecule has 2 N–H and O–H groups in total. The van der Waals surface area contributed by atoms with Crippen molar-refractivity contribution < 1.29 is 0 Å². The molecule has 0 aromatic heterocycles. The molecule has 0 amide bonds. The lowest BCUT2D eigenvalue weighted by molar-refractivity contribution is -0.109. The average Bonchev–Trinajstić information content (AvgIpc) is 1.50. The van der Waals surface area contributed by atoms with Crippen molar-refractivity contribution in [3.8, 4) is 0 Å². The highest BCUT2D eigenvalue weighted by Gasteiger charge is 2.55. The van der Waals surface area contributed by atoms with Crippen LogP contribution >= 0.6 is 12.4 Å². The van der Waals surface area contributed by atoms with Crippen LogP contribution in [-0.2, 0) is 0 Å². The third kappa shape index (κ3) is 0.870. The molecule has 54 valence electrons. The Labute approximate surface area is 62.4 Å². The second-order valence-corrected chi connectivity index (χ2v) is 3.52. The van der Waals surface area contributed by atoms with Crippen molar-refractivity contribution in [2.75, 3.05) is 6.54 Å². The Morgan fingerprint density at radius 1 is 1.33 bits per heavy atom. The van der Waals surface area contributed by atoms with Gasteiger partial charge in [0.2, 0.25) is 0 Å². The second kappa shape index (κ2) is 2.14. The van der Waals surface area contributed by atoms with Gasteiger partial charge in [-0.3, -0.25) is 0 Å². The molecule has 3 saturated carbocycles. The predicted molar refractivity (Wildman–Crippen MR) is 40.7 cm³/mol. The summed E-state index contributed by atoms with van der Waals surface area (Å²) in [7, 11) is 0. The highest BCUT2D eigenvalue weighted by atomic mass is 35.5. The minimum Gasteiger partial charge on any atom is -0.330 e. The van der Waals surface area contributed by atoms with Crippen molar-refractivity contribution >= 4 is 12.4 Å². The van der Waals surface area contributed by atoms with Gasteiger partial charge in [-0.2, -0.15) is 0 Å². The first-order valence-electron chi connectivity index (χ1n) is 3.55. The molecule has 0 aromatic rings. The molecule has 0 aliphatic heterocycles. The summed E-state index contributed by atoms with van der Waals surface area (Å²) in [6, 6.07) is 0. The first kappa shape index (κ1) is 7.36. The van der Waals surface area contributed by atoms with Crippen LogP contribution < -0.4 is 5.73 Å². The fraction of sp³-hybridized carbons (Fsp3) is 1.00. The fourth-order valence-electron chi connectivity index (χ4n) is 2.27. The molecule has 0 unspecified atom stereocenters. The summed E-state index contributed by atoms with van der Waals surface area (Å²) in [4.78, 5) is 0. The lowest BCUT2D eigenvalue weighted by Gasteiger charge is -2.62. The first-order chi connectivity index (χ1) is 3.85. The monoisotopic (exact) mass is 147 g/mol. The number of nitrogens with two attached hydrogens (primary N) is 1. The summed E-state index contributed by atoms with van der Waals surface area (Å²) in [6.45, 7) is 0.909. The highest BCUT2D eigenvalue weighted by molar-refractivity contribution is 5.85. The van der Waals surface area contributed by atoms with E-state index in [2.05, 4.69) is 0 Å². The molecule has 0 heterocycles. The lowest BCUT2D eigenvalue weighted by atomic mass is 9.43. The Hall–Kier alpha value is 0.250. The van der Waals surface area contributed by atoms with E-state index >= 15 is 0 Å². The first-order valence-corrected chi connectivity index (χ1v) is 3.55. The Morgan fingerprint density at radius 3 is 2.00 bits per heavy atom. The predicted octanol–water partition coefficient (Wildman–Crippen LogP) is 1.56. The number of halogens is 1. The highest BCUT2D eigenvalue weighted by Crippen LogP contribution is 2.65. The van der Waals surface area contributed by atoms with Gasteiger partial charge in [0.05, 0.1) is 0 Å². The van der Waals surface area contributed by atoms with Crippen LogP contribution in [0.1, 0.15) is 25.7 Å². The summed E-state index contributed by atoms with van der Waals surface area (Å²) < 4.78 is 0. The van der Waals surface area contributed by atoms with E-state index in [1.54, 1.807) is 0 Å². The molecule has 1 nitrogen and oxygen atoms in total. The van der Waals surface area contributed by atoms with Gasteiger partial charge in [-0.15, -0.1) is 12.4 Å². The number of rotatable bonds is 2. The molecule has 0 atom stereocenters. The van der Waals surface area contributed by atoms with E-state index in [1.807, 2.05) is 0 Å². The van der Waals surface area contributed by atoms with E-state index in [-0.39, 0.29) is 12.4 Å². The molecule has 0 radical (unpaired) electrons. The smallest absolute Gasteiger partial charge is 0.00720 e. The Balaban J connectivity index is 0.000000405. The van der Waals surface area contributed by atoms with Gasteiger partial charge in [-0.1, -0.05) is 0 Å². The third-order valence-corrected chi connectivity index (χ3v) is 2.84. The van der Waals surface area contributed by atoms with Crippen LogP contribution in [0.3, 0.4) is 0 Å². The Bertz CT molecular complexity index is 96.5. The molecule has 3 fully saturated rings. The van der Waals surface area contributed by atoms with Crippen LogP contribution in [0, 0.1) is 11.3 Å². The van der Waals surface area contributed by atoms with Crippen molar-refractivity contribution in [1.29, 1.82) is 0 Å². The van der Waals surface area contributed by atoms with Crippen LogP contribution in [0.4, 0.5) is 0 Å². The topological polar surface area (TPSA) is 26.0 Å². The summed E-state index contributed by atoms with van der Waals surface area (Å²) in [6.07, 6.45) is 5.81. The van der Waals surface area contributed by atoms with Crippen molar-refractivity contribution in [2.24, 2.45) is 17.1 Å². The van der Waals surface area contributed by atoms with Crippen molar-refractivity contribution in [2.45, 2.75) is 25.7 Å². The lowest BCUT2D eigenvalue weighted by Crippen LogP contribution is -2.52. The van der Waals surface area contributed by atoms with Crippen molar-refractivity contribution in [3.05, 3.63) is 0 Å². The van der Waals surface area contributed by atoms with Crippen LogP contribution in [0.2, 0.25) is 0 Å². The summed E-state index contributed by atoms with van der Waals surface area (Å²) in [5.74, 6) is 1.13.